The van der Waals surface area contributed by atoms with Gasteiger partial charge in [-0.25, -0.2) is 18.4 Å². The van der Waals surface area contributed by atoms with E-state index in [1.165, 1.54) is 0 Å². The van der Waals surface area contributed by atoms with Gasteiger partial charge in [-0.15, -0.1) is 0 Å². The molecule has 1 aromatic carbocycles. The largest absolute Gasteiger partial charge is 0.480 e. The zero-order valence-electron chi connectivity index (χ0n) is 14.1. The van der Waals surface area contributed by atoms with Crippen LogP contribution in [0, 0.1) is 23.3 Å². The number of ketones is 1. The molecule has 0 spiro atoms. The molecular weight excluding hydrogens is 362 g/mol. The van der Waals surface area contributed by atoms with Crippen molar-refractivity contribution < 1.29 is 41.4 Å². The van der Waals surface area contributed by atoms with Crippen LogP contribution < -0.4 is 4.74 Å². The van der Waals surface area contributed by atoms with E-state index < -0.39 is 65.4 Å². The van der Waals surface area contributed by atoms with Crippen LogP contribution in [0.2, 0.25) is 0 Å². The Kier molecular flexibility index (Phi) is 7.02. The van der Waals surface area contributed by atoms with E-state index in [1.54, 1.807) is 20.8 Å². The molecular formula is C16H15F4NO5. The number of benzene rings is 1. The van der Waals surface area contributed by atoms with Gasteiger partial charge >= 0.3 is 5.97 Å². The Morgan fingerprint density at radius 1 is 1.15 bits per heavy atom. The molecule has 0 bridgehead atoms. The van der Waals surface area contributed by atoms with Gasteiger partial charge in [0.25, 0.3) is 0 Å². The summed E-state index contributed by atoms with van der Waals surface area (Å²) in [6.45, 7) is 3.61. The molecule has 0 aliphatic rings. The third kappa shape index (κ3) is 5.96. The molecule has 1 aromatic rings. The summed E-state index contributed by atoms with van der Waals surface area (Å²) in [6, 6.07) is -1.56. The van der Waals surface area contributed by atoms with Crippen molar-refractivity contribution in [1.29, 1.82) is 0 Å². The van der Waals surface area contributed by atoms with E-state index in [2.05, 4.69) is 9.73 Å². The van der Waals surface area contributed by atoms with Crippen molar-refractivity contribution in [3.8, 4) is 5.75 Å². The number of esters is 1. The van der Waals surface area contributed by atoms with E-state index in [-0.39, 0.29) is 6.07 Å². The fraction of sp³-hybridized carbons (Fsp3) is 0.438. The van der Waals surface area contributed by atoms with Crippen LogP contribution in [0.1, 0.15) is 27.2 Å². The number of halogens is 4. The predicted molar refractivity (Wildman–Crippen MR) is 79.1 cm³/mol. The fourth-order valence-electron chi connectivity index (χ4n) is 1.72. The van der Waals surface area contributed by atoms with Gasteiger partial charge in [0, 0.05) is 12.5 Å². The Hall–Kier alpha value is -2.74. The highest BCUT2D eigenvalue weighted by atomic mass is 19.2. The van der Waals surface area contributed by atoms with Crippen molar-refractivity contribution in [3.05, 3.63) is 29.3 Å². The average molecular weight is 377 g/mol. The maximum Gasteiger partial charge on any atom is 0.332 e. The smallest absolute Gasteiger partial charge is 0.332 e. The van der Waals surface area contributed by atoms with Gasteiger partial charge < -0.3 is 9.47 Å². The van der Waals surface area contributed by atoms with Crippen molar-refractivity contribution in [1.82, 2.24) is 0 Å². The van der Waals surface area contributed by atoms with Crippen molar-refractivity contribution in [2.24, 2.45) is 4.99 Å². The molecule has 1 atom stereocenters. The SMILES string of the molecule is CC(C)(C)OC(=O)C(CC(=O)COc1c(F)c(F)cc(F)c1F)N=C=O. The minimum atomic E-state index is -1.81. The summed E-state index contributed by atoms with van der Waals surface area (Å²) < 4.78 is 62.4. The Morgan fingerprint density at radius 3 is 2.15 bits per heavy atom. The molecule has 6 nitrogen and oxygen atoms in total. The third-order valence-corrected chi connectivity index (χ3v) is 2.76. The number of nitrogens with zero attached hydrogens (tertiary/aromatic N) is 1. The first-order valence-electron chi connectivity index (χ1n) is 7.23. The third-order valence-electron chi connectivity index (χ3n) is 2.76. The molecule has 0 saturated heterocycles. The molecule has 0 aromatic heterocycles. The summed E-state index contributed by atoms with van der Waals surface area (Å²) >= 11 is 0. The van der Waals surface area contributed by atoms with Crippen molar-refractivity contribution in [2.75, 3.05) is 6.61 Å². The van der Waals surface area contributed by atoms with E-state index in [4.69, 9.17) is 4.74 Å². The maximum absolute atomic E-state index is 13.4. The van der Waals surface area contributed by atoms with Gasteiger partial charge in [-0.3, -0.25) is 4.79 Å². The summed E-state index contributed by atoms with van der Waals surface area (Å²) in [4.78, 5) is 37.2. The lowest BCUT2D eigenvalue weighted by Gasteiger charge is -2.21. The van der Waals surface area contributed by atoms with Crippen molar-refractivity contribution in [2.45, 2.75) is 38.8 Å². The van der Waals surface area contributed by atoms with Crippen LogP contribution in [0.5, 0.6) is 5.75 Å². The van der Waals surface area contributed by atoms with Crippen LogP contribution in [-0.2, 0) is 19.1 Å². The number of aliphatic imine (C=N–C) groups is 1. The van der Waals surface area contributed by atoms with Crippen LogP contribution in [0.3, 0.4) is 0 Å². The van der Waals surface area contributed by atoms with Gasteiger partial charge in [-0.05, 0) is 20.8 Å². The number of Topliss-reactive ketones (excluding diaryl/α,β-unsaturated/α-hetero) is 1. The minimum Gasteiger partial charge on any atom is -0.480 e. The maximum atomic E-state index is 13.4. The van der Waals surface area contributed by atoms with Crippen LogP contribution in [0.4, 0.5) is 17.6 Å². The number of isocyanates is 1. The monoisotopic (exact) mass is 377 g/mol. The van der Waals surface area contributed by atoms with Crippen LogP contribution in [0.25, 0.3) is 0 Å². The Labute approximate surface area is 145 Å². The predicted octanol–water partition coefficient (Wildman–Crippen LogP) is 2.63. The van der Waals surface area contributed by atoms with E-state index in [1.807, 2.05) is 0 Å². The van der Waals surface area contributed by atoms with Crippen LogP contribution in [-0.4, -0.2) is 36.1 Å². The molecule has 1 unspecified atom stereocenters. The first-order valence-corrected chi connectivity index (χ1v) is 7.23. The normalized spacial score (nSPS) is 12.1. The topological polar surface area (TPSA) is 82.0 Å². The van der Waals surface area contributed by atoms with E-state index >= 15 is 0 Å². The van der Waals surface area contributed by atoms with Gasteiger partial charge in [-0.2, -0.15) is 13.8 Å². The van der Waals surface area contributed by atoms with Gasteiger partial charge in [0.1, 0.15) is 12.2 Å². The average Bonchev–Trinajstić information content (AvgIpc) is 2.51. The van der Waals surface area contributed by atoms with Gasteiger partial charge in [0.05, 0.1) is 0 Å². The molecule has 0 radical (unpaired) electrons. The lowest BCUT2D eigenvalue weighted by atomic mass is 10.1. The molecule has 0 aliphatic carbocycles. The van der Waals surface area contributed by atoms with Crippen LogP contribution in [0.15, 0.2) is 11.1 Å². The van der Waals surface area contributed by atoms with E-state index in [9.17, 15) is 31.9 Å². The second-order valence-corrected chi connectivity index (χ2v) is 6.10. The lowest BCUT2D eigenvalue weighted by Crippen LogP contribution is -2.33. The van der Waals surface area contributed by atoms with Gasteiger partial charge in [0.15, 0.2) is 29.2 Å². The van der Waals surface area contributed by atoms with Gasteiger partial charge in [-0.1, -0.05) is 0 Å². The number of hydrogen-bond donors (Lipinski definition) is 0. The molecule has 0 saturated carbocycles. The quantitative estimate of drug-likeness (QED) is 0.240. The number of carbonyl (C=O) groups is 2. The molecule has 0 heterocycles. The molecule has 26 heavy (non-hydrogen) atoms. The fourth-order valence-corrected chi connectivity index (χ4v) is 1.72. The number of carbonyl (C=O) groups excluding carboxylic acids is 3. The number of hydrogen-bond acceptors (Lipinski definition) is 6. The second kappa shape index (κ2) is 8.57. The molecule has 0 N–H and O–H groups in total. The summed E-state index contributed by atoms with van der Waals surface area (Å²) in [7, 11) is 0. The second-order valence-electron chi connectivity index (χ2n) is 6.10. The Morgan fingerprint density at radius 2 is 1.69 bits per heavy atom. The standard InChI is InChI=1S/C16H15F4NO5/c1-16(2,3)26-15(24)11(21-7-22)4-8(23)6-25-14-12(19)9(17)5-10(18)13(14)20/h5,11H,4,6H2,1-3H3. The minimum absolute atomic E-state index is 0.0172. The zero-order valence-corrected chi connectivity index (χ0v) is 14.1. The van der Waals surface area contributed by atoms with E-state index in [0.29, 0.717) is 0 Å². The zero-order chi connectivity index (χ0) is 20.1. The highest BCUT2D eigenvalue weighted by molar-refractivity contribution is 5.88. The molecule has 0 amide bonds. The van der Waals surface area contributed by atoms with E-state index in [0.717, 1.165) is 6.08 Å². The summed E-state index contributed by atoms with van der Waals surface area (Å²) in [5.74, 6) is -10.4. The van der Waals surface area contributed by atoms with Gasteiger partial charge in [0.2, 0.25) is 17.7 Å². The summed E-state index contributed by atoms with van der Waals surface area (Å²) in [5, 5.41) is 0. The van der Waals surface area contributed by atoms with Crippen molar-refractivity contribution in [3.63, 3.8) is 0 Å². The Balaban J connectivity index is 2.82. The first-order chi connectivity index (χ1) is 12.0. The molecule has 142 valence electrons. The lowest BCUT2D eigenvalue weighted by molar-refractivity contribution is -0.157. The van der Waals surface area contributed by atoms with Crippen LogP contribution >= 0.6 is 0 Å². The van der Waals surface area contributed by atoms with Crippen molar-refractivity contribution >= 4 is 17.8 Å². The molecule has 10 heteroatoms. The highest BCUT2D eigenvalue weighted by Crippen LogP contribution is 2.26. The highest BCUT2D eigenvalue weighted by Gasteiger charge is 2.28. The summed E-state index contributed by atoms with van der Waals surface area (Å²) in [5.41, 5.74) is -0.918. The Bertz CT molecular complexity index is 728. The summed E-state index contributed by atoms with van der Waals surface area (Å²) in [6.07, 6.45) is 0.406. The number of rotatable bonds is 7. The molecule has 1 rings (SSSR count). The number of ether oxygens (including phenoxy) is 2. The molecule has 0 fully saturated rings. The first kappa shape index (κ1) is 21.3. The molecule has 0 aliphatic heterocycles.